The van der Waals surface area contributed by atoms with E-state index in [1.165, 1.54) is 20.2 Å². The van der Waals surface area contributed by atoms with Gasteiger partial charge < -0.3 is 10.4 Å². The first-order valence-electron chi connectivity index (χ1n) is 7.27. The molecule has 8 heteroatoms. The van der Waals surface area contributed by atoms with E-state index in [-0.39, 0.29) is 23.2 Å². The molecule has 6 nitrogen and oxygen atoms in total. The van der Waals surface area contributed by atoms with Crippen LogP contribution in [0.15, 0.2) is 29.2 Å². The van der Waals surface area contributed by atoms with Crippen molar-refractivity contribution >= 4 is 28.4 Å². The number of sulfonamides is 1. The third-order valence-electron chi connectivity index (χ3n) is 4.12. The molecule has 1 fully saturated rings. The zero-order valence-corrected chi connectivity index (χ0v) is 14.9. The Morgan fingerprint density at radius 1 is 1.43 bits per heavy atom. The highest BCUT2D eigenvalue weighted by molar-refractivity contribution is 7.89. The van der Waals surface area contributed by atoms with E-state index in [9.17, 15) is 18.3 Å². The van der Waals surface area contributed by atoms with E-state index in [0.717, 1.165) is 22.8 Å². The van der Waals surface area contributed by atoms with Crippen molar-refractivity contribution in [3.05, 3.63) is 29.8 Å². The molecule has 0 radical (unpaired) electrons. The molecule has 1 aromatic rings. The monoisotopic (exact) mass is 362 g/mol. The van der Waals surface area contributed by atoms with Gasteiger partial charge in [0.1, 0.15) is 0 Å². The van der Waals surface area contributed by atoms with Gasteiger partial charge >= 0.3 is 5.97 Å². The number of hydrogen-bond donors (Lipinski definition) is 2. The van der Waals surface area contributed by atoms with E-state index in [4.69, 9.17) is 0 Å². The molecular formula is C15H23ClN2O4S. The topological polar surface area (TPSA) is 86.7 Å². The molecule has 2 rings (SSSR count). The summed E-state index contributed by atoms with van der Waals surface area (Å²) in [7, 11) is -0.544. The van der Waals surface area contributed by atoms with Gasteiger partial charge in [-0.25, -0.2) is 12.7 Å². The Kier molecular flexibility index (Phi) is 7.01. The van der Waals surface area contributed by atoms with Crippen molar-refractivity contribution in [1.82, 2.24) is 9.62 Å². The number of aliphatic carboxylic acids is 1. The van der Waals surface area contributed by atoms with E-state index in [1.807, 2.05) is 0 Å². The van der Waals surface area contributed by atoms with E-state index in [0.29, 0.717) is 13.0 Å². The van der Waals surface area contributed by atoms with Crippen molar-refractivity contribution in [2.75, 3.05) is 27.2 Å². The quantitative estimate of drug-likeness (QED) is 0.794. The number of halogens is 1. The molecule has 2 N–H and O–H groups in total. The van der Waals surface area contributed by atoms with Crippen LogP contribution in [0.5, 0.6) is 0 Å². The third kappa shape index (κ3) is 4.67. The van der Waals surface area contributed by atoms with Crippen LogP contribution < -0.4 is 5.32 Å². The zero-order chi connectivity index (χ0) is 16.3. The molecule has 1 aromatic carbocycles. The van der Waals surface area contributed by atoms with Gasteiger partial charge in [0.05, 0.1) is 10.8 Å². The Hall–Kier alpha value is -1.15. The summed E-state index contributed by atoms with van der Waals surface area (Å²) in [6, 6.07) is 6.56. The van der Waals surface area contributed by atoms with Gasteiger partial charge in [0.25, 0.3) is 0 Å². The molecule has 1 aliphatic heterocycles. The normalized spacial score (nSPS) is 19.3. The SMILES string of the molecule is CN(C)S(=O)(=O)c1cccc(C[C@H](C(=O)O)[C@H]2CCNC2)c1.Cl. The Labute approximate surface area is 143 Å². The molecule has 1 saturated heterocycles. The average molecular weight is 363 g/mol. The van der Waals surface area contributed by atoms with Crippen molar-refractivity contribution in [2.24, 2.45) is 11.8 Å². The molecule has 1 heterocycles. The standard InChI is InChI=1S/C15H22N2O4S.ClH/c1-17(2)22(20,21)13-5-3-4-11(8-13)9-14(15(18)19)12-6-7-16-10-12;/h3-5,8,12,14,16H,6-7,9-10H2,1-2H3,(H,18,19);1H/t12-,14-;/m0./s1. The lowest BCUT2D eigenvalue weighted by molar-refractivity contribution is -0.143. The van der Waals surface area contributed by atoms with Gasteiger partial charge in [-0.15, -0.1) is 12.4 Å². The van der Waals surface area contributed by atoms with Crippen LogP contribution in [0.25, 0.3) is 0 Å². The van der Waals surface area contributed by atoms with Crippen LogP contribution >= 0.6 is 12.4 Å². The zero-order valence-electron chi connectivity index (χ0n) is 13.2. The third-order valence-corrected chi connectivity index (χ3v) is 5.93. The van der Waals surface area contributed by atoms with Crippen LogP contribution in [-0.2, 0) is 21.2 Å². The minimum absolute atomic E-state index is 0. The van der Waals surface area contributed by atoms with Crippen LogP contribution in [0.1, 0.15) is 12.0 Å². The lowest BCUT2D eigenvalue weighted by Crippen LogP contribution is -2.27. The summed E-state index contributed by atoms with van der Waals surface area (Å²) in [4.78, 5) is 11.7. The predicted molar refractivity (Wildman–Crippen MR) is 90.4 cm³/mol. The molecular weight excluding hydrogens is 340 g/mol. The molecule has 1 aliphatic rings. The molecule has 0 bridgehead atoms. The number of carboxylic acid groups (broad SMARTS) is 1. The summed E-state index contributed by atoms with van der Waals surface area (Å²) < 4.78 is 25.5. The lowest BCUT2D eigenvalue weighted by atomic mass is 9.86. The highest BCUT2D eigenvalue weighted by Crippen LogP contribution is 2.25. The van der Waals surface area contributed by atoms with E-state index >= 15 is 0 Å². The number of benzene rings is 1. The Balaban J connectivity index is 0.00000264. The van der Waals surface area contributed by atoms with Crippen LogP contribution in [0, 0.1) is 11.8 Å². The predicted octanol–water partition coefficient (Wildman–Crippen LogP) is 1.21. The highest BCUT2D eigenvalue weighted by atomic mass is 35.5. The molecule has 0 spiro atoms. The fourth-order valence-electron chi connectivity index (χ4n) is 2.77. The van der Waals surface area contributed by atoms with Gasteiger partial charge in [-0.3, -0.25) is 4.79 Å². The molecule has 0 saturated carbocycles. The number of nitrogens with zero attached hydrogens (tertiary/aromatic N) is 1. The Morgan fingerprint density at radius 2 is 2.13 bits per heavy atom. The number of hydrogen-bond acceptors (Lipinski definition) is 4. The van der Waals surface area contributed by atoms with Gasteiger partial charge in [-0.05, 0) is 49.5 Å². The van der Waals surface area contributed by atoms with Crippen LogP contribution in [0.4, 0.5) is 0 Å². The minimum Gasteiger partial charge on any atom is -0.481 e. The number of carbonyl (C=O) groups is 1. The maximum Gasteiger partial charge on any atom is 0.307 e. The highest BCUT2D eigenvalue weighted by Gasteiger charge is 2.30. The van der Waals surface area contributed by atoms with Crippen molar-refractivity contribution in [1.29, 1.82) is 0 Å². The summed E-state index contributed by atoms with van der Waals surface area (Å²) in [6.07, 6.45) is 1.19. The van der Waals surface area contributed by atoms with Gasteiger partial charge in [0.2, 0.25) is 10.0 Å². The van der Waals surface area contributed by atoms with E-state index in [1.54, 1.807) is 18.2 Å². The summed E-state index contributed by atoms with van der Waals surface area (Å²) in [5.41, 5.74) is 0.738. The molecule has 130 valence electrons. The summed E-state index contributed by atoms with van der Waals surface area (Å²) in [6.45, 7) is 1.54. The largest absolute Gasteiger partial charge is 0.481 e. The second-order valence-electron chi connectivity index (χ2n) is 5.84. The molecule has 0 amide bonds. The average Bonchev–Trinajstić information content (AvgIpc) is 2.98. The second kappa shape index (κ2) is 8.10. The van der Waals surface area contributed by atoms with Crippen LogP contribution in [0.2, 0.25) is 0 Å². The number of rotatable bonds is 6. The minimum atomic E-state index is -3.50. The molecule has 0 aromatic heterocycles. The maximum atomic E-state index is 12.2. The molecule has 0 aliphatic carbocycles. The van der Waals surface area contributed by atoms with Crippen molar-refractivity contribution in [2.45, 2.75) is 17.7 Å². The van der Waals surface area contributed by atoms with Gasteiger partial charge in [-0.1, -0.05) is 12.1 Å². The number of carboxylic acids is 1. The fourth-order valence-corrected chi connectivity index (χ4v) is 3.75. The summed E-state index contributed by atoms with van der Waals surface area (Å²) >= 11 is 0. The van der Waals surface area contributed by atoms with Crippen molar-refractivity contribution in [3.63, 3.8) is 0 Å². The second-order valence-corrected chi connectivity index (χ2v) is 7.99. The smallest absolute Gasteiger partial charge is 0.307 e. The summed E-state index contributed by atoms with van der Waals surface area (Å²) in [5.74, 6) is -1.23. The first-order chi connectivity index (χ1) is 10.3. The van der Waals surface area contributed by atoms with Gasteiger partial charge in [0, 0.05) is 14.1 Å². The molecule has 23 heavy (non-hydrogen) atoms. The molecule has 2 atom stereocenters. The fraction of sp³-hybridized carbons (Fsp3) is 0.533. The Bertz CT molecular complexity index is 643. The van der Waals surface area contributed by atoms with Gasteiger partial charge in [0.15, 0.2) is 0 Å². The lowest BCUT2D eigenvalue weighted by Gasteiger charge is -2.19. The number of nitrogens with one attached hydrogen (secondary N) is 1. The van der Waals surface area contributed by atoms with E-state index < -0.39 is 21.9 Å². The Morgan fingerprint density at radius 3 is 2.65 bits per heavy atom. The molecule has 0 unspecified atom stereocenters. The van der Waals surface area contributed by atoms with Crippen LogP contribution in [-0.4, -0.2) is 51.0 Å². The maximum absolute atomic E-state index is 12.2. The first kappa shape index (κ1) is 19.9. The van der Waals surface area contributed by atoms with Crippen molar-refractivity contribution < 1.29 is 18.3 Å². The van der Waals surface area contributed by atoms with Gasteiger partial charge in [-0.2, -0.15) is 0 Å². The first-order valence-corrected chi connectivity index (χ1v) is 8.71. The van der Waals surface area contributed by atoms with Crippen LogP contribution in [0.3, 0.4) is 0 Å². The van der Waals surface area contributed by atoms with E-state index in [2.05, 4.69) is 5.32 Å². The van der Waals surface area contributed by atoms with Crippen molar-refractivity contribution in [3.8, 4) is 0 Å². The summed E-state index contributed by atoms with van der Waals surface area (Å²) in [5, 5.41) is 12.6.